The van der Waals surface area contributed by atoms with Crippen molar-refractivity contribution in [2.24, 2.45) is 11.8 Å². The Balaban J connectivity index is 1.62. The van der Waals surface area contributed by atoms with Gasteiger partial charge in [-0.05, 0) is 49.5 Å². The molecule has 0 radical (unpaired) electrons. The van der Waals surface area contributed by atoms with E-state index in [1.807, 2.05) is 31.1 Å². The molecule has 38 heavy (non-hydrogen) atoms. The lowest BCUT2D eigenvalue weighted by Gasteiger charge is -2.39. The van der Waals surface area contributed by atoms with Crippen LogP contribution in [-0.2, 0) is 14.3 Å². The molecule has 2 aromatic rings. The Hall–Kier alpha value is -3.86. The Bertz CT molecular complexity index is 1220. The van der Waals surface area contributed by atoms with Crippen LogP contribution in [0, 0.1) is 11.8 Å². The van der Waals surface area contributed by atoms with Crippen molar-refractivity contribution in [3.8, 4) is 28.7 Å². The van der Waals surface area contributed by atoms with Crippen molar-refractivity contribution < 1.29 is 43.1 Å². The van der Waals surface area contributed by atoms with Gasteiger partial charge in [0.25, 0.3) is 0 Å². The van der Waals surface area contributed by atoms with E-state index in [2.05, 4.69) is 0 Å². The molecule has 2 aromatic carbocycles. The highest BCUT2D eigenvalue weighted by atomic mass is 16.7. The van der Waals surface area contributed by atoms with E-state index in [4.69, 9.17) is 28.4 Å². The molecule has 3 aliphatic rings. The van der Waals surface area contributed by atoms with E-state index in [-0.39, 0.29) is 30.6 Å². The molecular formula is C27H32N2O9. The van der Waals surface area contributed by atoms with E-state index in [9.17, 15) is 14.7 Å². The molecule has 11 heteroatoms. The number of aromatic hydroxyl groups is 1. The van der Waals surface area contributed by atoms with Gasteiger partial charge in [0, 0.05) is 37.5 Å². The second kappa shape index (κ2) is 10.1. The quantitative estimate of drug-likeness (QED) is 0.538. The van der Waals surface area contributed by atoms with Gasteiger partial charge in [0.2, 0.25) is 12.5 Å². The summed E-state index contributed by atoms with van der Waals surface area (Å²) in [5.74, 6) is -0.664. The maximum atomic E-state index is 13.2. The summed E-state index contributed by atoms with van der Waals surface area (Å²) in [6.07, 6.45) is -1.24. The minimum atomic E-state index is -0.748. The van der Waals surface area contributed by atoms with Gasteiger partial charge < -0.3 is 43.3 Å². The molecular weight excluding hydrogens is 496 g/mol. The molecule has 0 bridgehead atoms. The fourth-order valence-corrected chi connectivity index (χ4v) is 5.40. The molecule has 4 atom stereocenters. The smallest absolute Gasteiger partial charge is 0.410 e. The minimum absolute atomic E-state index is 0.0658. The number of phenolic OH excluding ortho intramolecular Hbond substituents is 1. The van der Waals surface area contributed by atoms with E-state index in [0.717, 1.165) is 5.56 Å². The highest BCUT2D eigenvalue weighted by Crippen LogP contribution is 2.56. The number of esters is 1. The Morgan fingerprint density at radius 1 is 0.974 bits per heavy atom. The molecule has 1 fully saturated rings. The number of cyclic esters (lactones) is 1. The van der Waals surface area contributed by atoms with Crippen LogP contribution in [0.15, 0.2) is 24.3 Å². The Kier molecular flexibility index (Phi) is 6.87. The third-order valence-corrected chi connectivity index (χ3v) is 7.40. The monoisotopic (exact) mass is 528 g/mol. The highest BCUT2D eigenvalue weighted by Gasteiger charge is 2.54. The fraction of sp³-hybridized carbons (Fsp3) is 0.481. The van der Waals surface area contributed by atoms with Gasteiger partial charge in [-0.25, -0.2) is 4.79 Å². The molecule has 2 heterocycles. The first-order valence-corrected chi connectivity index (χ1v) is 12.3. The summed E-state index contributed by atoms with van der Waals surface area (Å²) >= 11 is 0. The molecule has 11 nitrogen and oxygen atoms in total. The number of methoxy groups -OCH3 is 2. The highest BCUT2D eigenvalue weighted by molar-refractivity contribution is 5.79. The molecule has 5 rings (SSSR count). The predicted molar refractivity (Wildman–Crippen MR) is 134 cm³/mol. The molecule has 2 aliphatic heterocycles. The maximum absolute atomic E-state index is 13.2. The van der Waals surface area contributed by atoms with Crippen molar-refractivity contribution in [3.05, 3.63) is 41.0 Å². The van der Waals surface area contributed by atoms with Crippen LogP contribution >= 0.6 is 0 Å². The summed E-state index contributed by atoms with van der Waals surface area (Å²) in [5.41, 5.74) is 2.12. The number of phenols is 1. The van der Waals surface area contributed by atoms with E-state index < -0.39 is 35.9 Å². The summed E-state index contributed by atoms with van der Waals surface area (Å²) in [4.78, 5) is 29.8. The van der Waals surface area contributed by atoms with Crippen molar-refractivity contribution in [1.82, 2.24) is 9.80 Å². The number of benzene rings is 2. The van der Waals surface area contributed by atoms with Gasteiger partial charge in [0.1, 0.15) is 6.10 Å². The lowest BCUT2D eigenvalue weighted by molar-refractivity contribution is -0.141. The zero-order valence-electron chi connectivity index (χ0n) is 22.1. The maximum Gasteiger partial charge on any atom is 0.410 e. The van der Waals surface area contributed by atoms with E-state index in [1.165, 1.54) is 19.1 Å². The van der Waals surface area contributed by atoms with Crippen molar-refractivity contribution in [2.45, 2.75) is 12.0 Å². The molecule has 1 unspecified atom stereocenters. The number of ether oxygens (including phenoxy) is 6. The number of fused-ring (bicyclic) bond motifs is 3. The molecule has 0 spiro atoms. The van der Waals surface area contributed by atoms with Crippen molar-refractivity contribution in [3.63, 3.8) is 0 Å². The number of carbonyl (C=O) groups excluding carboxylic acids is 2. The second-order valence-electron chi connectivity index (χ2n) is 9.93. The molecule has 0 aromatic heterocycles. The topological polar surface area (TPSA) is 116 Å². The van der Waals surface area contributed by atoms with Crippen LogP contribution in [0.25, 0.3) is 0 Å². The molecule has 1 amide bonds. The third-order valence-electron chi connectivity index (χ3n) is 7.40. The zero-order valence-corrected chi connectivity index (χ0v) is 22.1. The van der Waals surface area contributed by atoms with Gasteiger partial charge in [-0.15, -0.1) is 0 Å². The molecule has 1 aliphatic carbocycles. The normalized spacial score (nSPS) is 22.9. The van der Waals surface area contributed by atoms with Crippen LogP contribution in [0.2, 0.25) is 0 Å². The lowest BCUT2D eigenvalue weighted by atomic mass is 9.66. The summed E-state index contributed by atoms with van der Waals surface area (Å²) in [6, 6.07) is 7.00. The molecule has 0 saturated carbocycles. The molecule has 1 N–H and O–H groups in total. The summed E-state index contributed by atoms with van der Waals surface area (Å²) in [7, 11) is 8.43. The SMILES string of the molecule is COc1cc([C@@H]2c3cc4c(cc3[C@@H](OC(=O)N(C)CCN(C)C)C3COC(=O)[C@@H]32)OCO4)cc(OC)c1O. The van der Waals surface area contributed by atoms with E-state index in [0.29, 0.717) is 35.7 Å². The number of hydrogen-bond donors (Lipinski definition) is 1. The summed E-state index contributed by atoms with van der Waals surface area (Å²) in [5, 5.41) is 10.5. The standard InChI is InChI=1S/C27H32N2O9/c1-28(2)6-7-29(3)27(32)38-25-16-11-19-18(36-13-37-19)10-15(16)22(23-17(25)12-35-26(23)31)14-8-20(33-4)24(30)21(9-14)34-5/h8-11,17,22-23,25,30H,6-7,12-13H2,1-5H3/t17?,22-,23+,25-/m1/s1. The molecule has 1 saturated heterocycles. The average molecular weight is 529 g/mol. The van der Waals surface area contributed by atoms with Gasteiger partial charge in [0.15, 0.2) is 23.0 Å². The number of nitrogens with zero attached hydrogens (tertiary/aromatic N) is 2. The average Bonchev–Trinajstić information content (AvgIpc) is 3.52. The van der Waals surface area contributed by atoms with Gasteiger partial charge in [-0.1, -0.05) is 0 Å². The first-order valence-electron chi connectivity index (χ1n) is 12.3. The predicted octanol–water partition coefficient (Wildman–Crippen LogP) is 2.74. The zero-order chi connectivity index (χ0) is 27.1. The summed E-state index contributed by atoms with van der Waals surface area (Å²) < 4.78 is 33.7. The molecule has 204 valence electrons. The lowest BCUT2D eigenvalue weighted by Crippen LogP contribution is -2.40. The second-order valence-corrected chi connectivity index (χ2v) is 9.93. The Labute approximate surface area is 220 Å². The van der Waals surface area contributed by atoms with Gasteiger partial charge in [-0.3, -0.25) is 4.79 Å². The van der Waals surface area contributed by atoms with Crippen LogP contribution < -0.4 is 18.9 Å². The number of hydrogen-bond acceptors (Lipinski definition) is 10. The van der Waals surface area contributed by atoms with Crippen LogP contribution in [-0.4, -0.2) is 88.8 Å². The van der Waals surface area contributed by atoms with E-state index >= 15 is 0 Å². The Morgan fingerprint density at radius 2 is 1.61 bits per heavy atom. The van der Waals surface area contributed by atoms with E-state index in [1.54, 1.807) is 19.2 Å². The first-order chi connectivity index (χ1) is 18.2. The largest absolute Gasteiger partial charge is 0.502 e. The Morgan fingerprint density at radius 3 is 2.21 bits per heavy atom. The third kappa shape index (κ3) is 4.40. The van der Waals surface area contributed by atoms with Gasteiger partial charge >= 0.3 is 12.1 Å². The minimum Gasteiger partial charge on any atom is -0.502 e. The van der Waals surface area contributed by atoms with Crippen LogP contribution in [0.5, 0.6) is 28.7 Å². The number of carbonyl (C=O) groups is 2. The van der Waals surface area contributed by atoms with Crippen LogP contribution in [0.3, 0.4) is 0 Å². The number of rotatable bonds is 7. The fourth-order valence-electron chi connectivity index (χ4n) is 5.40. The van der Waals surface area contributed by atoms with Crippen LogP contribution in [0.1, 0.15) is 28.7 Å². The van der Waals surface area contributed by atoms with Crippen molar-refractivity contribution >= 4 is 12.1 Å². The van der Waals surface area contributed by atoms with Gasteiger partial charge in [0.05, 0.1) is 26.7 Å². The number of likely N-dealkylation sites (N-methyl/N-ethyl adjacent to an activating group) is 2. The van der Waals surface area contributed by atoms with Crippen molar-refractivity contribution in [2.75, 3.05) is 61.9 Å². The first kappa shape index (κ1) is 25.8. The van der Waals surface area contributed by atoms with Gasteiger partial charge in [-0.2, -0.15) is 0 Å². The van der Waals surface area contributed by atoms with Crippen molar-refractivity contribution in [1.29, 1.82) is 0 Å². The van der Waals surface area contributed by atoms with Crippen LogP contribution in [0.4, 0.5) is 4.79 Å². The summed E-state index contributed by atoms with van der Waals surface area (Å²) in [6.45, 7) is 1.31. The number of amides is 1.